The van der Waals surface area contributed by atoms with E-state index in [1.165, 1.54) is 39.2 Å². The maximum atomic E-state index is 10.9. The minimum Gasteiger partial charge on any atom is -0.493 e. The Kier molecular flexibility index (Phi) is 9.69. The van der Waals surface area contributed by atoms with Crippen molar-refractivity contribution in [2.75, 3.05) is 14.2 Å². The van der Waals surface area contributed by atoms with E-state index in [1.807, 2.05) is 0 Å². The number of nitrogens with zero attached hydrogens (tertiary/aromatic N) is 1. The summed E-state index contributed by atoms with van der Waals surface area (Å²) in [6, 6.07) is 2.55. The summed E-state index contributed by atoms with van der Waals surface area (Å²) in [6.07, 6.45) is 2.64. The van der Waals surface area contributed by atoms with E-state index < -0.39 is 10.4 Å². The van der Waals surface area contributed by atoms with Gasteiger partial charge in [0.2, 0.25) is 0 Å². The molecule has 0 unspecified atom stereocenters. The Balaban J connectivity index is 0.000000980. The number of hydrogen-bond acceptors (Lipinski definition) is 6. The van der Waals surface area contributed by atoms with Gasteiger partial charge in [0.05, 0.1) is 30.8 Å². The van der Waals surface area contributed by atoms with Crippen LogP contribution in [0.5, 0.6) is 11.5 Å². The Hall–Kier alpha value is -2.02. The van der Waals surface area contributed by atoms with E-state index in [0.29, 0.717) is 5.75 Å². The SMILES string of the molecule is CCCC.COc1cc(COC(=O)Cl)c([N+](=O)[O-])cc1OC. The summed E-state index contributed by atoms with van der Waals surface area (Å²) < 4.78 is 14.5. The zero-order valence-corrected chi connectivity index (χ0v) is 13.8. The lowest BCUT2D eigenvalue weighted by molar-refractivity contribution is -0.385. The Morgan fingerprint density at radius 2 is 1.68 bits per heavy atom. The average molecular weight is 334 g/mol. The minimum atomic E-state index is -1.04. The van der Waals surface area contributed by atoms with Crippen LogP contribution in [0.3, 0.4) is 0 Å². The topological polar surface area (TPSA) is 87.9 Å². The van der Waals surface area contributed by atoms with Crippen LogP contribution in [0.2, 0.25) is 0 Å². The minimum absolute atomic E-state index is 0.159. The molecule has 0 radical (unpaired) electrons. The summed E-state index contributed by atoms with van der Waals surface area (Å²) in [5.41, 5.74) is -1.13. The lowest BCUT2D eigenvalue weighted by Crippen LogP contribution is -2.02. The van der Waals surface area contributed by atoms with Crippen molar-refractivity contribution in [2.24, 2.45) is 0 Å². The van der Waals surface area contributed by atoms with Gasteiger partial charge in [0, 0.05) is 11.6 Å². The quantitative estimate of drug-likeness (QED) is 0.438. The van der Waals surface area contributed by atoms with Crippen molar-refractivity contribution >= 4 is 22.7 Å². The Morgan fingerprint density at radius 3 is 2.05 bits per heavy atom. The number of nitro benzene ring substituents is 1. The number of rotatable bonds is 6. The second-order valence-corrected chi connectivity index (χ2v) is 4.43. The van der Waals surface area contributed by atoms with Gasteiger partial charge in [-0.2, -0.15) is 0 Å². The molecule has 1 rings (SSSR count). The second kappa shape index (κ2) is 10.7. The number of halogens is 1. The summed E-state index contributed by atoms with van der Waals surface area (Å²) in [7, 11) is 2.75. The molecule has 1 aromatic rings. The van der Waals surface area contributed by atoms with Crippen molar-refractivity contribution in [3.05, 3.63) is 27.8 Å². The van der Waals surface area contributed by atoms with Crippen LogP contribution < -0.4 is 9.47 Å². The number of carbonyl (C=O) groups is 1. The Labute approximate surface area is 134 Å². The summed E-state index contributed by atoms with van der Waals surface area (Å²) in [6.45, 7) is 4.04. The Bertz CT molecular complexity index is 504. The molecule has 0 fully saturated rings. The van der Waals surface area contributed by atoms with Crippen LogP contribution in [0.1, 0.15) is 32.3 Å². The van der Waals surface area contributed by atoms with Crippen molar-refractivity contribution in [1.82, 2.24) is 0 Å². The maximum absolute atomic E-state index is 10.9. The van der Waals surface area contributed by atoms with Gasteiger partial charge >= 0.3 is 5.43 Å². The molecule has 22 heavy (non-hydrogen) atoms. The smallest absolute Gasteiger partial charge is 0.404 e. The molecule has 0 bridgehead atoms. The maximum Gasteiger partial charge on any atom is 0.404 e. The van der Waals surface area contributed by atoms with Crippen molar-refractivity contribution in [2.45, 2.75) is 33.3 Å². The number of hydrogen-bond donors (Lipinski definition) is 0. The molecule has 0 N–H and O–H groups in total. The number of nitro groups is 1. The first-order chi connectivity index (χ1) is 10.4. The van der Waals surface area contributed by atoms with Crippen LogP contribution in [0, 0.1) is 10.1 Å². The highest BCUT2D eigenvalue weighted by atomic mass is 35.5. The fraction of sp³-hybridized carbons (Fsp3) is 0.500. The average Bonchev–Trinajstić information content (AvgIpc) is 2.51. The van der Waals surface area contributed by atoms with Crippen LogP contribution in [0.4, 0.5) is 10.5 Å². The van der Waals surface area contributed by atoms with Gasteiger partial charge in [0.25, 0.3) is 5.69 Å². The third-order valence-corrected chi connectivity index (χ3v) is 2.73. The van der Waals surface area contributed by atoms with Gasteiger partial charge in [0.1, 0.15) is 6.61 Å². The van der Waals surface area contributed by atoms with Crippen molar-refractivity contribution in [3.63, 3.8) is 0 Å². The molecule has 0 atom stereocenters. The zero-order chi connectivity index (χ0) is 17.1. The molecule has 0 aliphatic heterocycles. The lowest BCUT2D eigenvalue weighted by atomic mass is 10.1. The molecule has 1 aromatic carbocycles. The van der Waals surface area contributed by atoms with E-state index >= 15 is 0 Å². The molecule has 0 aromatic heterocycles. The molecule has 0 aliphatic rings. The highest BCUT2D eigenvalue weighted by Crippen LogP contribution is 2.34. The van der Waals surface area contributed by atoms with Crippen LogP contribution in [-0.4, -0.2) is 24.6 Å². The molecule has 124 valence electrons. The van der Waals surface area contributed by atoms with E-state index in [0.717, 1.165) is 0 Å². The van der Waals surface area contributed by atoms with Gasteiger partial charge in [-0.15, -0.1) is 0 Å². The fourth-order valence-electron chi connectivity index (χ4n) is 1.33. The molecular formula is C14H20ClNO6. The monoisotopic (exact) mass is 333 g/mol. The normalized spacial score (nSPS) is 9.32. The molecule has 0 amide bonds. The van der Waals surface area contributed by atoms with Gasteiger partial charge in [-0.05, 0) is 6.07 Å². The van der Waals surface area contributed by atoms with E-state index in [2.05, 4.69) is 18.6 Å². The molecule has 0 heterocycles. The van der Waals surface area contributed by atoms with Crippen molar-refractivity contribution in [3.8, 4) is 11.5 Å². The number of unbranched alkanes of at least 4 members (excludes halogenated alkanes) is 1. The van der Waals surface area contributed by atoms with E-state index in [1.54, 1.807) is 0 Å². The van der Waals surface area contributed by atoms with E-state index in [4.69, 9.17) is 21.1 Å². The molecule has 0 aliphatic carbocycles. The molecule has 0 saturated carbocycles. The highest BCUT2D eigenvalue weighted by Gasteiger charge is 2.20. The van der Waals surface area contributed by atoms with Crippen LogP contribution in [0.25, 0.3) is 0 Å². The number of ether oxygens (including phenoxy) is 3. The first kappa shape index (κ1) is 20.0. The number of benzene rings is 1. The van der Waals surface area contributed by atoms with Gasteiger partial charge in [0.15, 0.2) is 11.5 Å². The molecule has 8 heteroatoms. The standard InChI is InChI=1S/C10H10ClNO6.C4H10/c1-16-8-3-6(5-18-10(11)13)7(12(14)15)4-9(8)17-2;1-3-4-2/h3-4H,5H2,1-2H3;3-4H2,1-2H3. The summed E-state index contributed by atoms with van der Waals surface area (Å²) in [5, 5.41) is 10.9. The molecular weight excluding hydrogens is 314 g/mol. The first-order valence-electron chi connectivity index (χ1n) is 6.62. The van der Waals surface area contributed by atoms with E-state index in [9.17, 15) is 14.9 Å². The summed E-state index contributed by atoms with van der Waals surface area (Å²) in [4.78, 5) is 20.8. The predicted molar refractivity (Wildman–Crippen MR) is 82.8 cm³/mol. The predicted octanol–water partition coefficient (Wildman–Crippen LogP) is 4.29. The van der Waals surface area contributed by atoms with Crippen molar-refractivity contribution < 1.29 is 23.9 Å². The Morgan fingerprint density at radius 1 is 1.18 bits per heavy atom. The van der Waals surface area contributed by atoms with Crippen LogP contribution in [0.15, 0.2) is 12.1 Å². The molecule has 0 spiro atoms. The van der Waals surface area contributed by atoms with Crippen LogP contribution >= 0.6 is 11.6 Å². The number of methoxy groups -OCH3 is 2. The summed E-state index contributed by atoms with van der Waals surface area (Å²) in [5.74, 6) is 0.508. The second-order valence-electron chi connectivity index (χ2n) is 4.12. The van der Waals surface area contributed by atoms with Crippen LogP contribution in [-0.2, 0) is 11.3 Å². The third kappa shape index (κ3) is 6.62. The largest absolute Gasteiger partial charge is 0.493 e. The van der Waals surface area contributed by atoms with Crippen molar-refractivity contribution in [1.29, 1.82) is 0 Å². The number of carbonyl (C=O) groups excluding carboxylic acids is 1. The van der Waals surface area contributed by atoms with Gasteiger partial charge in [-0.3, -0.25) is 10.1 Å². The van der Waals surface area contributed by atoms with Gasteiger partial charge < -0.3 is 14.2 Å². The highest BCUT2D eigenvalue weighted by molar-refractivity contribution is 6.61. The molecule has 0 saturated heterocycles. The van der Waals surface area contributed by atoms with Gasteiger partial charge in [-0.25, -0.2) is 4.79 Å². The zero-order valence-electron chi connectivity index (χ0n) is 13.1. The first-order valence-corrected chi connectivity index (χ1v) is 7.00. The molecule has 7 nitrogen and oxygen atoms in total. The lowest BCUT2D eigenvalue weighted by Gasteiger charge is -2.10. The summed E-state index contributed by atoms with van der Waals surface area (Å²) >= 11 is 5.00. The van der Waals surface area contributed by atoms with E-state index in [-0.39, 0.29) is 23.6 Å². The van der Waals surface area contributed by atoms with Gasteiger partial charge in [-0.1, -0.05) is 26.7 Å². The third-order valence-electron chi connectivity index (χ3n) is 2.62. The fourth-order valence-corrected chi connectivity index (χ4v) is 1.38.